The zero-order valence-electron chi connectivity index (χ0n) is 26.2. The summed E-state index contributed by atoms with van der Waals surface area (Å²) in [5, 5.41) is 0. The van der Waals surface area contributed by atoms with Crippen molar-refractivity contribution in [3.05, 3.63) is 48.6 Å². The third-order valence-electron chi connectivity index (χ3n) is 7.20. The van der Waals surface area contributed by atoms with E-state index in [1.807, 2.05) is 38.2 Å². The maximum absolute atomic E-state index is 12.6. The lowest BCUT2D eigenvalue weighted by Crippen LogP contribution is -2.35. The Labute approximate surface area is 248 Å². The van der Waals surface area contributed by atoms with E-state index in [0.29, 0.717) is 13.2 Å². The van der Waals surface area contributed by atoms with Gasteiger partial charge in [-0.15, -0.1) is 0 Å². The first-order valence-corrected chi connectivity index (χ1v) is 16.9. The van der Waals surface area contributed by atoms with E-state index < -0.39 is 20.0 Å². The topological polar surface area (TPSA) is 92.7 Å². The Hall–Kier alpha value is -1.09. The molecule has 236 valence electrons. The minimum Gasteiger partial charge on any atom is -0.373 e. The van der Waals surface area contributed by atoms with Crippen LogP contribution in [0.4, 0.5) is 0 Å². The number of unbranched alkanes of at least 4 members (excludes halogenated alkanes) is 2. The fourth-order valence-corrected chi connectivity index (χ4v) is 5.86. The maximum atomic E-state index is 12.6. The van der Waals surface area contributed by atoms with Crippen LogP contribution in [0.2, 0.25) is 0 Å². The Morgan fingerprint density at radius 1 is 0.683 bits per heavy atom. The van der Waals surface area contributed by atoms with Gasteiger partial charge in [-0.25, -0.2) is 4.57 Å². The van der Waals surface area contributed by atoms with Gasteiger partial charge in [-0.1, -0.05) is 88.1 Å². The zero-order chi connectivity index (χ0) is 30.2. The summed E-state index contributed by atoms with van der Waals surface area (Å²) < 4.78 is 47.5. The first kappa shape index (κ1) is 36.1. The van der Waals surface area contributed by atoms with Crippen LogP contribution in [0.5, 0.6) is 0 Å². The molecule has 0 aromatic rings. The van der Waals surface area contributed by atoms with Gasteiger partial charge in [0.2, 0.25) is 0 Å². The molecule has 0 fully saturated rings. The SMILES string of the molecule is CCCCC1(OCC(C)OCC(C)OP(=O)(O)OC(C)COC(C)COC2(CCCC)C=CC=CC2)C=CC=CC1. The van der Waals surface area contributed by atoms with Crippen LogP contribution < -0.4 is 0 Å². The van der Waals surface area contributed by atoms with E-state index in [9.17, 15) is 9.46 Å². The van der Waals surface area contributed by atoms with Gasteiger partial charge in [-0.2, -0.15) is 0 Å². The molecule has 2 aliphatic rings. The average Bonchev–Trinajstić information content (AvgIpc) is 2.95. The van der Waals surface area contributed by atoms with Crippen molar-refractivity contribution in [2.24, 2.45) is 0 Å². The highest BCUT2D eigenvalue weighted by atomic mass is 31.2. The fraction of sp³-hybridized carbons (Fsp3) is 0.750. The van der Waals surface area contributed by atoms with Crippen LogP contribution in [0, 0.1) is 0 Å². The van der Waals surface area contributed by atoms with Crippen LogP contribution in [0.1, 0.15) is 92.9 Å². The molecule has 0 bridgehead atoms. The van der Waals surface area contributed by atoms with Crippen molar-refractivity contribution in [1.82, 2.24) is 0 Å². The number of hydrogen-bond acceptors (Lipinski definition) is 7. The van der Waals surface area contributed by atoms with Gasteiger partial charge in [0.1, 0.15) is 0 Å². The molecule has 0 saturated heterocycles. The predicted octanol–water partition coefficient (Wildman–Crippen LogP) is 7.63. The Morgan fingerprint density at radius 3 is 1.44 bits per heavy atom. The molecule has 6 unspecified atom stereocenters. The van der Waals surface area contributed by atoms with Crippen molar-refractivity contribution >= 4 is 7.82 Å². The second kappa shape index (κ2) is 18.5. The minimum absolute atomic E-state index is 0.138. The summed E-state index contributed by atoms with van der Waals surface area (Å²) in [7, 11) is -4.30. The van der Waals surface area contributed by atoms with Crippen LogP contribution in [0.15, 0.2) is 48.6 Å². The molecule has 41 heavy (non-hydrogen) atoms. The molecule has 1 N–H and O–H groups in total. The summed E-state index contributed by atoms with van der Waals surface area (Å²) >= 11 is 0. The standard InChI is InChI=1S/C32H55O8P/c1-7-9-17-31(19-13-11-14-20-31)37-25-27(3)35-23-29(5)39-41(33,34)40-30(6)24-36-28(4)26-38-32(18-10-8-2)21-15-12-16-22-32/h11-16,19,21,27-30H,7-10,17-18,20,22-26H2,1-6H3,(H,33,34). The minimum atomic E-state index is -4.30. The average molecular weight is 599 g/mol. The van der Waals surface area contributed by atoms with Crippen LogP contribution in [-0.2, 0) is 32.6 Å². The monoisotopic (exact) mass is 598 g/mol. The number of allylic oxidation sites excluding steroid dienone is 4. The van der Waals surface area contributed by atoms with Gasteiger partial charge in [-0.3, -0.25) is 9.05 Å². The highest BCUT2D eigenvalue weighted by Crippen LogP contribution is 2.46. The van der Waals surface area contributed by atoms with E-state index in [1.165, 1.54) is 0 Å². The number of phosphoric acid groups is 1. The molecule has 0 aromatic carbocycles. The highest BCUT2D eigenvalue weighted by Gasteiger charge is 2.31. The molecule has 2 aliphatic carbocycles. The Bertz CT molecular complexity index is 834. The number of ether oxygens (including phenoxy) is 4. The molecule has 0 amide bonds. The van der Waals surface area contributed by atoms with E-state index in [2.05, 4.69) is 38.2 Å². The van der Waals surface area contributed by atoms with Crippen LogP contribution in [0.25, 0.3) is 0 Å². The molecule has 0 spiro atoms. The number of hydrogen-bond donors (Lipinski definition) is 1. The third kappa shape index (κ3) is 14.3. The Kier molecular flexibility index (Phi) is 16.3. The van der Waals surface area contributed by atoms with Gasteiger partial charge in [0.05, 0.1) is 62.0 Å². The van der Waals surface area contributed by atoms with Crippen molar-refractivity contribution in [3.8, 4) is 0 Å². The maximum Gasteiger partial charge on any atom is 0.472 e. The predicted molar refractivity (Wildman–Crippen MR) is 164 cm³/mol. The smallest absolute Gasteiger partial charge is 0.373 e. The molecule has 0 saturated carbocycles. The second-order valence-corrected chi connectivity index (χ2v) is 12.9. The van der Waals surface area contributed by atoms with Gasteiger partial charge in [0, 0.05) is 0 Å². The lowest BCUT2D eigenvalue weighted by atomic mass is 9.89. The lowest BCUT2D eigenvalue weighted by molar-refractivity contribution is -0.0886. The molecule has 0 aromatic heterocycles. The zero-order valence-corrected chi connectivity index (χ0v) is 27.1. The summed E-state index contributed by atoms with van der Waals surface area (Å²) in [6.45, 7) is 12.7. The van der Waals surface area contributed by atoms with E-state index in [0.717, 1.165) is 51.4 Å². The molecule has 6 atom stereocenters. The van der Waals surface area contributed by atoms with Gasteiger partial charge >= 0.3 is 7.82 Å². The first-order valence-electron chi connectivity index (χ1n) is 15.4. The lowest BCUT2D eigenvalue weighted by Gasteiger charge is -2.33. The quantitative estimate of drug-likeness (QED) is 0.127. The van der Waals surface area contributed by atoms with Gasteiger partial charge in [-0.05, 0) is 53.4 Å². The Balaban J connectivity index is 1.68. The molecule has 9 heteroatoms. The second-order valence-electron chi connectivity index (χ2n) is 11.5. The van der Waals surface area contributed by atoms with E-state index in [1.54, 1.807) is 13.8 Å². The summed E-state index contributed by atoms with van der Waals surface area (Å²) in [5.74, 6) is 0. The van der Waals surface area contributed by atoms with Crippen molar-refractivity contribution in [3.63, 3.8) is 0 Å². The number of rotatable bonds is 22. The molecular formula is C32H55O8P. The van der Waals surface area contributed by atoms with Crippen molar-refractivity contribution in [2.75, 3.05) is 26.4 Å². The molecular weight excluding hydrogens is 543 g/mol. The van der Waals surface area contributed by atoms with E-state index >= 15 is 0 Å². The van der Waals surface area contributed by atoms with Crippen molar-refractivity contribution in [1.29, 1.82) is 0 Å². The Morgan fingerprint density at radius 2 is 1.10 bits per heavy atom. The molecule has 0 radical (unpaired) electrons. The molecule has 2 rings (SSSR count). The number of phosphoric ester groups is 1. The highest BCUT2D eigenvalue weighted by molar-refractivity contribution is 7.47. The summed E-state index contributed by atoms with van der Waals surface area (Å²) in [6.07, 6.45) is 23.0. The first-order chi connectivity index (χ1) is 19.5. The van der Waals surface area contributed by atoms with Crippen LogP contribution in [0.3, 0.4) is 0 Å². The van der Waals surface area contributed by atoms with Crippen molar-refractivity contribution < 1.29 is 37.5 Å². The summed E-state index contributed by atoms with van der Waals surface area (Å²) in [5.41, 5.74) is -0.580. The normalized spacial score (nSPS) is 26.5. The largest absolute Gasteiger partial charge is 0.472 e. The summed E-state index contributed by atoms with van der Waals surface area (Å²) in [4.78, 5) is 10.3. The van der Waals surface area contributed by atoms with E-state index in [-0.39, 0.29) is 36.6 Å². The van der Waals surface area contributed by atoms with Gasteiger partial charge < -0.3 is 23.8 Å². The van der Waals surface area contributed by atoms with Crippen molar-refractivity contribution in [2.45, 2.75) is 129 Å². The molecule has 0 heterocycles. The fourth-order valence-electron chi connectivity index (χ4n) is 4.77. The van der Waals surface area contributed by atoms with E-state index in [4.69, 9.17) is 28.0 Å². The summed E-state index contributed by atoms with van der Waals surface area (Å²) in [6, 6.07) is 0. The van der Waals surface area contributed by atoms with Crippen LogP contribution in [-0.4, -0.2) is 66.9 Å². The van der Waals surface area contributed by atoms with Gasteiger partial charge in [0.15, 0.2) is 0 Å². The molecule has 0 aliphatic heterocycles. The van der Waals surface area contributed by atoms with Gasteiger partial charge in [0.25, 0.3) is 0 Å². The van der Waals surface area contributed by atoms with Crippen LogP contribution >= 0.6 is 7.82 Å². The molecule has 8 nitrogen and oxygen atoms in total. The third-order valence-corrected chi connectivity index (χ3v) is 8.45.